The van der Waals surface area contributed by atoms with Crippen LogP contribution in [0.4, 0.5) is 11.4 Å². The van der Waals surface area contributed by atoms with Crippen LogP contribution in [0.5, 0.6) is 0 Å². The number of aromatic nitrogens is 2. The Morgan fingerprint density at radius 2 is 1.85 bits per heavy atom. The summed E-state index contributed by atoms with van der Waals surface area (Å²) in [4.78, 5) is 34.0. The second-order valence-electron chi connectivity index (χ2n) is 6.60. The summed E-state index contributed by atoms with van der Waals surface area (Å²) in [6.07, 6.45) is 1.32. The van der Waals surface area contributed by atoms with Crippen molar-refractivity contribution in [2.75, 3.05) is 31.1 Å². The monoisotopic (exact) mass is 365 g/mol. The number of nitro groups is 1. The molecule has 1 fully saturated rings. The highest BCUT2D eigenvalue weighted by Crippen LogP contribution is 2.32. The maximum Gasteiger partial charge on any atom is 0.293 e. The molecule has 1 N–H and O–H groups in total. The fourth-order valence-electron chi connectivity index (χ4n) is 3.48. The lowest BCUT2D eigenvalue weighted by atomic mass is 10.1. The molecular weight excluding hydrogens is 346 g/mol. The SMILES string of the molecule is O=c1[nH]cnc2cc(N3CCN(Cc4ccccc4)CC3)c([N+](=O)[O-])cc12. The first kappa shape index (κ1) is 17.2. The normalized spacial score (nSPS) is 15.2. The number of nitrogens with zero attached hydrogens (tertiary/aromatic N) is 4. The molecular formula is C19H19N5O3. The summed E-state index contributed by atoms with van der Waals surface area (Å²) in [6.45, 7) is 3.86. The van der Waals surface area contributed by atoms with E-state index in [0.717, 1.165) is 19.6 Å². The molecule has 27 heavy (non-hydrogen) atoms. The van der Waals surface area contributed by atoms with Crippen molar-refractivity contribution in [2.24, 2.45) is 0 Å². The van der Waals surface area contributed by atoms with Crippen LogP contribution in [0.15, 0.2) is 53.6 Å². The molecule has 1 aromatic heterocycles. The summed E-state index contributed by atoms with van der Waals surface area (Å²) >= 11 is 0. The first-order valence-corrected chi connectivity index (χ1v) is 8.79. The molecule has 0 radical (unpaired) electrons. The number of benzene rings is 2. The predicted octanol–water partition coefficient (Wildman–Crippen LogP) is 2.15. The summed E-state index contributed by atoms with van der Waals surface area (Å²) in [7, 11) is 0. The van der Waals surface area contributed by atoms with Gasteiger partial charge in [0.25, 0.3) is 11.2 Å². The standard InChI is InChI=1S/C19H19N5O3/c25-19-15-10-18(24(26)27)17(11-16(15)20-13-21-19)23-8-6-22(7-9-23)12-14-4-2-1-3-5-14/h1-5,10-11,13H,6-9,12H2,(H,20,21,25). The van der Waals surface area contributed by atoms with E-state index >= 15 is 0 Å². The number of anilines is 1. The summed E-state index contributed by atoms with van der Waals surface area (Å²) in [5, 5.41) is 11.8. The maximum absolute atomic E-state index is 11.9. The van der Waals surface area contributed by atoms with Gasteiger partial charge in [-0.3, -0.25) is 19.8 Å². The minimum absolute atomic E-state index is 0.0579. The van der Waals surface area contributed by atoms with E-state index in [1.54, 1.807) is 6.07 Å². The fourth-order valence-corrected chi connectivity index (χ4v) is 3.48. The Morgan fingerprint density at radius 3 is 2.56 bits per heavy atom. The summed E-state index contributed by atoms with van der Waals surface area (Å²) in [5.74, 6) is 0. The van der Waals surface area contributed by atoms with Crippen LogP contribution in [-0.4, -0.2) is 46.0 Å². The van der Waals surface area contributed by atoms with Gasteiger partial charge in [0.05, 0.1) is 22.2 Å². The van der Waals surface area contributed by atoms with Crippen molar-refractivity contribution < 1.29 is 4.92 Å². The number of aromatic amines is 1. The van der Waals surface area contributed by atoms with Crippen LogP contribution >= 0.6 is 0 Å². The molecule has 0 spiro atoms. The van der Waals surface area contributed by atoms with Crippen LogP contribution in [0.3, 0.4) is 0 Å². The Bertz CT molecular complexity index is 1030. The van der Waals surface area contributed by atoms with Gasteiger partial charge >= 0.3 is 0 Å². The number of H-pyrrole nitrogens is 1. The fraction of sp³-hybridized carbons (Fsp3) is 0.263. The van der Waals surface area contributed by atoms with Gasteiger partial charge in [0.2, 0.25) is 0 Å². The van der Waals surface area contributed by atoms with E-state index in [0.29, 0.717) is 24.3 Å². The lowest BCUT2D eigenvalue weighted by Gasteiger charge is -2.35. The Kier molecular flexibility index (Phi) is 4.55. The van der Waals surface area contributed by atoms with Crippen LogP contribution in [0, 0.1) is 10.1 Å². The molecule has 0 saturated carbocycles. The molecule has 0 unspecified atom stereocenters. The van der Waals surface area contributed by atoms with Gasteiger partial charge in [-0.15, -0.1) is 0 Å². The zero-order valence-corrected chi connectivity index (χ0v) is 14.7. The Labute approximate surface area is 155 Å². The van der Waals surface area contributed by atoms with E-state index in [9.17, 15) is 14.9 Å². The molecule has 138 valence electrons. The van der Waals surface area contributed by atoms with Crippen LogP contribution < -0.4 is 10.5 Å². The van der Waals surface area contributed by atoms with Gasteiger partial charge in [0.15, 0.2) is 0 Å². The molecule has 2 heterocycles. The second kappa shape index (κ2) is 7.16. The van der Waals surface area contributed by atoms with Crippen molar-refractivity contribution >= 4 is 22.3 Å². The summed E-state index contributed by atoms with van der Waals surface area (Å²) in [5.41, 5.74) is 1.81. The maximum atomic E-state index is 11.9. The van der Waals surface area contributed by atoms with Crippen LogP contribution in [0.2, 0.25) is 0 Å². The van der Waals surface area contributed by atoms with Crippen molar-refractivity contribution in [3.8, 4) is 0 Å². The molecule has 1 aliphatic heterocycles. The number of piperazine rings is 1. The molecule has 4 rings (SSSR count). The third kappa shape index (κ3) is 3.52. The molecule has 0 amide bonds. The predicted molar refractivity (Wildman–Crippen MR) is 103 cm³/mol. The highest BCUT2D eigenvalue weighted by molar-refractivity contribution is 5.87. The van der Waals surface area contributed by atoms with Gasteiger partial charge in [0, 0.05) is 38.8 Å². The van der Waals surface area contributed by atoms with Crippen LogP contribution in [-0.2, 0) is 6.54 Å². The molecule has 3 aromatic rings. The smallest absolute Gasteiger partial charge is 0.293 e. The van der Waals surface area contributed by atoms with Gasteiger partial charge in [-0.1, -0.05) is 30.3 Å². The van der Waals surface area contributed by atoms with Gasteiger partial charge in [-0.2, -0.15) is 0 Å². The number of hydrogen-bond acceptors (Lipinski definition) is 6. The highest BCUT2D eigenvalue weighted by atomic mass is 16.6. The van der Waals surface area contributed by atoms with Crippen molar-refractivity contribution in [1.82, 2.24) is 14.9 Å². The van der Waals surface area contributed by atoms with Crippen molar-refractivity contribution in [3.63, 3.8) is 0 Å². The third-order valence-electron chi connectivity index (χ3n) is 4.90. The molecule has 0 atom stereocenters. The number of nitrogens with one attached hydrogen (secondary N) is 1. The minimum atomic E-state index is -0.433. The van der Waals surface area contributed by atoms with Crippen molar-refractivity contribution in [3.05, 3.63) is 74.8 Å². The minimum Gasteiger partial charge on any atom is -0.363 e. The lowest BCUT2D eigenvalue weighted by Crippen LogP contribution is -2.46. The van der Waals surface area contributed by atoms with E-state index < -0.39 is 4.92 Å². The average molecular weight is 365 g/mol. The first-order chi connectivity index (χ1) is 13.1. The van der Waals surface area contributed by atoms with Gasteiger partial charge in [-0.25, -0.2) is 4.98 Å². The second-order valence-corrected chi connectivity index (χ2v) is 6.60. The third-order valence-corrected chi connectivity index (χ3v) is 4.90. The molecule has 1 aliphatic rings. The largest absolute Gasteiger partial charge is 0.363 e. The zero-order valence-electron chi connectivity index (χ0n) is 14.7. The van der Waals surface area contributed by atoms with E-state index in [1.807, 2.05) is 23.1 Å². The first-order valence-electron chi connectivity index (χ1n) is 8.79. The summed E-state index contributed by atoms with van der Waals surface area (Å²) in [6, 6.07) is 13.2. The van der Waals surface area contributed by atoms with Crippen molar-refractivity contribution in [1.29, 1.82) is 0 Å². The molecule has 1 saturated heterocycles. The summed E-state index contributed by atoms with van der Waals surface area (Å²) < 4.78 is 0. The molecule has 0 bridgehead atoms. The van der Waals surface area contributed by atoms with E-state index in [-0.39, 0.29) is 16.6 Å². The topological polar surface area (TPSA) is 95.4 Å². The van der Waals surface area contributed by atoms with E-state index in [4.69, 9.17) is 0 Å². The molecule has 8 heteroatoms. The van der Waals surface area contributed by atoms with Gasteiger partial charge in [0.1, 0.15) is 5.69 Å². The van der Waals surface area contributed by atoms with Crippen LogP contribution in [0.1, 0.15) is 5.56 Å². The lowest BCUT2D eigenvalue weighted by molar-refractivity contribution is -0.384. The number of hydrogen-bond donors (Lipinski definition) is 1. The van der Waals surface area contributed by atoms with Crippen molar-refractivity contribution in [2.45, 2.75) is 6.54 Å². The molecule has 0 aliphatic carbocycles. The number of fused-ring (bicyclic) bond motifs is 1. The number of nitro benzene ring substituents is 1. The average Bonchev–Trinajstić information content (AvgIpc) is 2.69. The van der Waals surface area contributed by atoms with Gasteiger partial charge in [-0.05, 0) is 11.6 Å². The quantitative estimate of drug-likeness (QED) is 0.562. The van der Waals surface area contributed by atoms with E-state index in [1.165, 1.54) is 18.0 Å². The van der Waals surface area contributed by atoms with E-state index in [2.05, 4.69) is 27.0 Å². The Hall–Kier alpha value is -3.26. The Balaban J connectivity index is 1.57. The Morgan fingerprint density at radius 1 is 1.11 bits per heavy atom. The highest BCUT2D eigenvalue weighted by Gasteiger charge is 2.25. The van der Waals surface area contributed by atoms with Gasteiger partial charge < -0.3 is 9.88 Å². The van der Waals surface area contributed by atoms with Crippen LogP contribution in [0.25, 0.3) is 10.9 Å². The molecule has 2 aromatic carbocycles. The molecule has 8 nitrogen and oxygen atoms in total. The zero-order chi connectivity index (χ0) is 18.8. The number of rotatable bonds is 4.